The van der Waals surface area contributed by atoms with Gasteiger partial charge >= 0.3 is 0 Å². The van der Waals surface area contributed by atoms with E-state index in [-0.39, 0.29) is 23.9 Å². The monoisotopic (exact) mass is 354 g/mol. The first-order valence-corrected chi connectivity index (χ1v) is 8.51. The van der Waals surface area contributed by atoms with Gasteiger partial charge in [-0.05, 0) is 31.2 Å². The summed E-state index contributed by atoms with van der Waals surface area (Å²) >= 11 is 1.36. The van der Waals surface area contributed by atoms with E-state index in [1.165, 1.54) is 30.4 Å². The molecule has 1 aromatic heterocycles. The highest BCUT2D eigenvalue weighted by Crippen LogP contribution is 2.24. The van der Waals surface area contributed by atoms with E-state index in [1.807, 2.05) is 0 Å². The first-order valence-electron chi connectivity index (χ1n) is 7.63. The molecule has 2 aromatic carbocycles. The van der Waals surface area contributed by atoms with Gasteiger partial charge in [-0.2, -0.15) is 0 Å². The minimum absolute atomic E-state index is 0.0814. The summed E-state index contributed by atoms with van der Waals surface area (Å²) in [7, 11) is 0. The van der Waals surface area contributed by atoms with Gasteiger partial charge in [-0.1, -0.05) is 24.3 Å². The Balaban J connectivity index is 1.71. The highest BCUT2D eigenvalue weighted by molar-refractivity contribution is 7.13. The molecule has 3 aromatic rings. The number of hydrogen-bond donors (Lipinski definition) is 1. The van der Waals surface area contributed by atoms with Crippen molar-refractivity contribution < 1.29 is 14.0 Å². The molecule has 126 valence electrons. The van der Waals surface area contributed by atoms with Crippen LogP contribution < -0.4 is 5.32 Å². The number of benzene rings is 2. The van der Waals surface area contributed by atoms with Gasteiger partial charge in [0.2, 0.25) is 5.91 Å². The number of anilines is 1. The molecule has 0 radical (unpaired) electrons. The van der Waals surface area contributed by atoms with Gasteiger partial charge in [0.25, 0.3) is 0 Å². The SMILES string of the molecule is CC(=O)c1ccccc1NC(=O)Cc1csc(-c2cccc(F)c2)n1. The van der Waals surface area contributed by atoms with Gasteiger partial charge in [-0.25, -0.2) is 9.37 Å². The van der Waals surface area contributed by atoms with Crippen LogP contribution in [0.25, 0.3) is 10.6 Å². The maximum Gasteiger partial charge on any atom is 0.230 e. The summed E-state index contributed by atoms with van der Waals surface area (Å²) < 4.78 is 13.3. The van der Waals surface area contributed by atoms with Gasteiger partial charge in [0.15, 0.2) is 5.78 Å². The Morgan fingerprint density at radius 3 is 2.72 bits per heavy atom. The predicted octanol–water partition coefficient (Wildman–Crippen LogP) is 4.33. The van der Waals surface area contributed by atoms with Crippen LogP contribution in [0.5, 0.6) is 0 Å². The van der Waals surface area contributed by atoms with E-state index in [4.69, 9.17) is 0 Å². The largest absolute Gasteiger partial charge is 0.325 e. The van der Waals surface area contributed by atoms with Crippen LogP contribution in [0.4, 0.5) is 10.1 Å². The van der Waals surface area contributed by atoms with Crippen LogP contribution in [0.1, 0.15) is 23.0 Å². The minimum Gasteiger partial charge on any atom is -0.325 e. The fourth-order valence-corrected chi connectivity index (χ4v) is 3.22. The van der Waals surface area contributed by atoms with E-state index in [0.29, 0.717) is 27.5 Å². The van der Waals surface area contributed by atoms with Crippen molar-refractivity contribution in [3.05, 3.63) is 71.0 Å². The summed E-state index contributed by atoms with van der Waals surface area (Å²) in [5.74, 6) is -0.699. The summed E-state index contributed by atoms with van der Waals surface area (Å²) in [5, 5.41) is 5.18. The van der Waals surface area contributed by atoms with Crippen LogP contribution in [0.3, 0.4) is 0 Å². The molecule has 1 heterocycles. The van der Waals surface area contributed by atoms with Crippen molar-refractivity contribution in [1.82, 2.24) is 4.98 Å². The highest BCUT2D eigenvalue weighted by atomic mass is 32.1. The number of carbonyl (C=O) groups excluding carboxylic acids is 2. The van der Waals surface area contributed by atoms with Crippen LogP contribution in [-0.4, -0.2) is 16.7 Å². The van der Waals surface area contributed by atoms with Gasteiger partial charge in [-0.3, -0.25) is 9.59 Å². The van der Waals surface area contributed by atoms with Crippen molar-refractivity contribution in [3.8, 4) is 10.6 Å². The predicted molar refractivity (Wildman–Crippen MR) is 96.3 cm³/mol. The third kappa shape index (κ3) is 4.16. The van der Waals surface area contributed by atoms with E-state index in [0.717, 1.165) is 0 Å². The van der Waals surface area contributed by atoms with Crippen molar-refractivity contribution in [2.75, 3.05) is 5.32 Å². The molecular weight excluding hydrogens is 339 g/mol. The van der Waals surface area contributed by atoms with Crippen LogP contribution in [0.2, 0.25) is 0 Å². The van der Waals surface area contributed by atoms with Crippen molar-refractivity contribution in [2.24, 2.45) is 0 Å². The molecule has 0 saturated heterocycles. The minimum atomic E-state index is -0.326. The molecule has 0 spiro atoms. The standard InChI is InChI=1S/C19H15FN2O2S/c1-12(23)16-7-2-3-8-17(16)22-18(24)10-15-11-25-19(21-15)13-5-4-6-14(20)9-13/h2-9,11H,10H2,1H3,(H,22,24). The lowest BCUT2D eigenvalue weighted by molar-refractivity contribution is -0.115. The summed E-state index contributed by atoms with van der Waals surface area (Å²) in [6.07, 6.45) is 0.0814. The Morgan fingerprint density at radius 1 is 1.16 bits per heavy atom. The second kappa shape index (κ2) is 7.36. The number of halogens is 1. The maximum atomic E-state index is 13.3. The summed E-state index contributed by atoms with van der Waals surface area (Å²) in [6, 6.07) is 13.0. The number of ketones is 1. The third-order valence-electron chi connectivity index (χ3n) is 3.55. The van der Waals surface area contributed by atoms with Gasteiger partial charge in [0.05, 0.1) is 17.8 Å². The second-order valence-electron chi connectivity index (χ2n) is 5.48. The number of nitrogens with zero attached hydrogens (tertiary/aromatic N) is 1. The van der Waals surface area contributed by atoms with E-state index in [1.54, 1.807) is 41.8 Å². The molecule has 0 aliphatic heterocycles. The molecule has 4 nitrogen and oxygen atoms in total. The molecule has 0 bridgehead atoms. The topological polar surface area (TPSA) is 59.1 Å². The molecule has 0 aliphatic rings. The molecule has 0 unspecified atom stereocenters. The Labute approximate surface area is 148 Å². The quantitative estimate of drug-likeness (QED) is 0.694. The molecule has 0 saturated carbocycles. The normalized spacial score (nSPS) is 10.5. The van der Waals surface area contributed by atoms with Crippen LogP contribution in [-0.2, 0) is 11.2 Å². The molecule has 1 N–H and O–H groups in total. The number of para-hydroxylation sites is 1. The lowest BCUT2D eigenvalue weighted by Crippen LogP contribution is -2.16. The van der Waals surface area contributed by atoms with E-state index >= 15 is 0 Å². The second-order valence-corrected chi connectivity index (χ2v) is 6.34. The number of carbonyl (C=O) groups is 2. The lowest BCUT2D eigenvalue weighted by atomic mass is 10.1. The highest BCUT2D eigenvalue weighted by Gasteiger charge is 2.12. The third-order valence-corrected chi connectivity index (χ3v) is 4.49. The van der Waals surface area contributed by atoms with Crippen molar-refractivity contribution in [1.29, 1.82) is 0 Å². The average molecular weight is 354 g/mol. The molecule has 0 atom stereocenters. The number of rotatable bonds is 5. The number of thiazole rings is 1. The molecular formula is C19H15FN2O2S. The van der Waals surface area contributed by atoms with Crippen molar-refractivity contribution >= 4 is 28.7 Å². The zero-order chi connectivity index (χ0) is 17.8. The van der Waals surface area contributed by atoms with Crippen molar-refractivity contribution in [2.45, 2.75) is 13.3 Å². The molecule has 25 heavy (non-hydrogen) atoms. The fraction of sp³-hybridized carbons (Fsp3) is 0.105. The number of nitrogens with one attached hydrogen (secondary N) is 1. The van der Waals surface area contributed by atoms with Gasteiger partial charge in [0, 0.05) is 16.5 Å². The fourth-order valence-electron chi connectivity index (χ4n) is 2.40. The Bertz CT molecular complexity index is 936. The van der Waals surface area contributed by atoms with Gasteiger partial charge < -0.3 is 5.32 Å². The molecule has 3 rings (SSSR count). The van der Waals surface area contributed by atoms with Gasteiger partial charge in [-0.15, -0.1) is 11.3 Å². The Hall–Kier alpha value is -2.86. The molecule has 6 heteroatoms. The average Bonchev–Trinajstić information content (AvgIpc) is 3.03. The number of Topliss-reactive ketones (excluding diaryl/α,β-unsaturated/α-hetero) is 1. The Morgan fingerprint density at radius 2 is 1.96 bits per heavy atom. The van der Waals surface area contributed by atoms with E-state index in [2.05, 4.69) is 10.3 Å². The van der Waals surface area contributed by atoms with Crippen LogP contribution in [0.15, 0.2) is 53.9 Å². The van der Waals surface area contributed by atoms with Gasteiger partial charge in [0.1, 0.15) is 10.8 Å². The molecule has 1 amide bonds. The lowest BCUT2D eigenvalue weighted by Gasteiger charge is -2.08. The summed E-state index contributed by atoms with van der Waals surface area (Å²) in [5.41, 5.74) is 2.23. The number of aromatic nitrogens is 1. The first kappa shape index (κ1) is 17.0. The number of hydrogen-bond acceptors (Lipinski definition) is 4. The first-order chi connectivity index (χ1) is 12.0. The Kier molecular flexibility index (Phi) is 5.00. The molecule has 0 aliphatic carbocycles. The zero-order valence-electron chi connectivity index (χ0n) is 13.5. The smallest absolute Gasteiger partial charge is 0.230 e. The maximum absolute atomic E-state index is 13.3. The van der Waals surface area contributed by atoms with E-state index < -0.39 is 0 Å². The molecule has 0 fully saturated rings. The summed E-state index contributed by atoms with van der Waals surface area (Å²) in [4.78, 5) is 28.2. The van der Waals surface area contributed by atoms with Crippen molar-refractivity contribution in [3.63, 3.8) is 0 Å². The van der Waals surface area contributed by atoms with Crippen LogP contribution >= 0.6 is 11.3 Å². The summed E-state index contributed by atoms with van der Waals surface area (Å²) in [6.45, 7) is 1.46. The van der Waals surface area contributed by atoms with Crippen LogP contribution in [0, 0.1) is 5.82 Å². The van der Waals surface area contributed by atoms with E-state index in [9.17, 15) is 14.0 Å². The number of amides is 1. The zero-order valence-corrected chi connectivity index (χ0v) is 14.3.